The molecule has 2 N–H and O–H groups in total. The van der Waals surface area contributed by atoms with Crippen molar-refractivity contribution in [1.82, 2.24) is 25.3 Å². The predicted molar refractivity (Wildman–Crippen MR) is 105 cm³/mol. The third-order valence-corrected chi connectivity index (χ3v) is 4.25. The Hall–Kier alpha value is -3.35. The van der Waals surface area contributed by atoms with Crippen LogP contribution in [-0.4, -0.2) is 20.9 Å². The van der Waals surface area contributed by atoms with E-state index in [1.54, 1.807) is 30.7 Å². The minimum atomic E-state index is -0.364. The summed E-state index contributed by atoms with van der Waals surface area (Å²) in [5.41, 5.74) is 6.97. The van der Waals surface area contributed by atoms with E-state index in [2.05, 4.69) is 25.3 Å². The van der Waals surface area contributed by atoms with E-state index >= 15 is 0 Å². The lowest BCUT2D eigenvalue weighted by atomic mass is 10.0. The van der Waals surface area contributed by atoms with Gasteiger partial charge in [0.25, 0.3) is 5.91 Å². The Balaban J connectivity index is 1.78. The number of hydrogen-bond donors (Lipinski definition) is 2. The molecule has 1 aromatic carbocycles. The van der Waals surface area contributed by atoms with Crippen LogP contribution in [0.2, 0.25) is 0 Å². The number of carbonyl (C=O) groups is 1. The highest BCUT2D eigenvalue weighted by atomic mass is 35.5. The van der Waals surface area contributed by atoms with Crippen LogP contribution in [0.3, 0.4) is 0 Å². The summed E-state index contributed by atoms with van der Waals surface area (Å²) in [6.45, 7) is 0. The number of fused-ring (bicyclic) bond motifs is 1. The first-order chi connectivity index (χ1) is 13.3. The molecule has 4 aromatic rings. The van der Waals surface area contributed by atoms with Crippen molar-refractivity contribution in [3.8, 4) is 22.5 Å². The molecule has 132 valence electrons. The third kappa shape index (κ3) is 3.48. The zero-order valence-electron chi connectivity index (χ0n) is 14.1. The maximum absolute atomic E-state index is 12.4. The van der Waals surface area contributed by atoms with Crippen molar-refractivity contribution in [3.05, 3.63) is 78.8 Å². The number of benzene rings is 1. The average Bonchev–Trinajstić information content (AvgIpc) is 2.74. The van der Waals surface area contributed by atoms with E-state index < -0.39 is 0 Å². The van der Waals surface area contributed by atoms with Crippen LogP contribution in [0.4, 0.5) is 0 Å². The molecule has 0 spiro atoms. The Morgan fingerprint density at radius 1 is 0.926 bits per heavy atom. The maximum Gasteiger partial charge on any atom is 0.267 e. The Morgan fingerprint density at radius 3 is 2.41 bits per heavy atom. The summed E-state index contributed by atoms with van der Waals surface area (Å²) in [4.78, 5) is 27.6. The molecule has 0 aliphatic rings. The summed E-state index contributed by atoms with van der Waals surface area (Å²) in [6, 6.07) is 17.2. The SMILES string of the molecule is O=C(NNCl)c1cc(-c2ccc(-c3ccccn3)cc2)nc2ccncc12. The van der Waals surface area contributed by atoms with E-state index in [4.69, 9.17) is 11.8 Å². The van der Waals surface area contributed by atoms with E-state index in [0.29, 0.717) is 22.2 Å². The molecule has 0 bridgehead atoms. The quantitative estimate of drug-likeness (QED) is 0.419. The fourth-order valence-electron chi connectivity index (χ4n) is 2.86. The zero-order valence-corrected chi connectivity index (χ0v) is 14.8. The molecule has 0 fully saturated rings. The van der Waals surface area contributed by atoms with E-state index in [9.17, 15) is 4.79 Å². The summed E-state index contributed by atoms with van der Waals surface area (Å²) in [5.74, 6) is -0.364. The summed E-state index contributed by atoms with van der Waals surface area (Å²) in [7, 11) is 0. The number of carbonyl (C=O) groups excluding carboxylic acids is 1. The first-order valence-corrected chi connectivity index (χ1v) is 8.56. The number of aromatic nitrogens is 3. The van der Waals surface area contributed by atoms with Crippen LogP contribution in [0, 0.1) is 0 Å². The summed E-state index contributed by atoms with van der Waals surface area (Å²) in [6.07, 6.45) is 5.02. The minimum Gasteiger partial charge on any atom is -0.273 e. The molecule has 0 aliphatic heterocycles. The molecule has 0 saturated heterocycles. The van der Waals surface area contributed by atoms with Gasteiger partial charge in [-0.2, -0.15) is 0 Å². The largest absolute Gasteiger partial charge is 0.273 e. The second kappa shape index (κ2) is 7.49. The van der Waals surface area contributed by atoms with E-state index in [0.717, 1.165) is 16.8 Å². The fourth-order valence-corrected chi connectivity index (χ4v) is 2.95. The summed E-state index contributed by atoms with van der Waals surface area (Å²) < 4.78 is 0. The Morgan fingerprint density at radius 2 is 1.70 bits per heavy atom. The van der Waals surface area contributed by atoms with Crippen LogP contribution in [0.15, 0.2) is 73.2 Å². The molecular formula is C20H14ClN5O. The van der Waals surface area contributed by atoms with Gasteiger partial charge in [-0.3, -0.25) is 20.2 Å². The number of hydrazine groups is 1. The van der Waals surface area contributed by atoms with Gasteiger partial charge in [0, 0.05) is 35.1 Å². The third-order valence-electron chi connectivity index (χ3n) is 4.16. The van der Waals surface area contributed by atoms with Crippen LogP contribution in [0.1, 0.15) is 10.4 Å². The molecule has 0 radical (unpaired) electrons. The number of rotatable bonds is 4. The molecule has 1 amide bonds. The van der Waals surface area contributed by atoms with Crippen molar-refractivity contribution in [2.45, 2.75) is 0 Å². The number of hydrogen-bond acceptors (Lipinski definition) is 5. The molecular weight excluding hydrogens is 362 g/mol. The second-order valence-electron chi connectivity index (χ2n) is 5.79. The average molecular weight is 376 g/mol. The smallest absolute Gasteiger partial charge is 0.267 e. The topological polar surface area (TPSA) is 79.8 Å². The maximum atomic E-state index is 12.4. The zero-order chi connectivity index (χ0) is 18.6. The number of halogens is 1. The molecule has 3 heterocycles. The first kappa shape index (κ1) is 17.1. The second-order valence-corrected chi connectivity index (χ2v) is 5.98. The van der Waals surface area contributed by atoms with Gasteiger partial charge >= 0.3 is 0 Å². The highest BCUT2D eigenvalue weighted by molar-refractivity contribution is 6.15. The predicted octanol–water partition coefficient (Wildman–Crippen LogP) is 3.75. The van der Waals surface area contributed by atoms with Gasteiger partial charge in [-0.15, -0.1) is 4.94 Å². The van der Waals surface area contributed by atoms with Crippen LogP contribution in [0.25, 0.3) is 33.4 Å². The van der Waals surface area contributed by atoms with Crippen molar-refractivity contribution in [2.75, 3.05) is 0 Å². The van der Waals surface area contributed by atoms with Gasteiger partial charge in [-0.05, 0) is 36.0 Å². The Kier molecular flexibility index (Phi) is 4.74. The summed E-state index contributed by atoms with van der Waals surface area (Å²) in [5, 5.41) is 0.649. The van der Waals surface area contributed by atoms with Gasteiger partial charge in [0.05, 0.1) is 22.5 Å². The van der Waals surface area contributed by atoms with Gasteiger partial charge in [-0.1, -0.05) is 30.3 Å². The summed E-state index contributed by atoms with van der Waals surface area (Å²) >= 11 is 5.41. The van der Waals surface area contributed by atoms with Crippen molar-refractivity contribution in [2.24, 2.45) is 0 Å². The Labute approximate surface area is 160 Å². The van der Waals surface area contributed by atoms with Gasteiger partial charge in [0.2, 0.25) is 0 Å². The lowest BCUT2D eigenvalue weighted by molar-refractivity contribution is 0.0947. The Bertz CT molecular complexity index is 1100. The lowest BCUT2D eigenvalue weighted by Crippen LogP contribution is -2.30. The van der Waals surface area contributed by atoms with Gasteiger partial charge in [0.1, 0.15) is 0 Å². The van der Waals surface area contributed by atoms with Crippen molar-refractivity contribution in [3.63, 3.8) is 0 Å². The number of pyridine rings is 3. The van der Waals surface area contributed by atoms with Crippen LogP contribution < -0.4 is 10.4 Å². The van der Waals surface area contributed by atoms with Crippen LogP contribution in [0.5, 0.6) is 0 Å². The van der Waals surface area contributed by atoms with Crippen molar-refractivity contribution < 1.29 is 4.79 Å². The van der Waals surface area contributed by atoms with Gasteiger partial charge < -0.3 is 0 Å². The minimum absolute atomic E-state index is 0.364. The molecule has 6 nitrogen and oxygen atoms in total. The molecule has 0 aliphatic carbocycles. The van der Waals surface area contributed by atoms with E-state index in [1.165, 1.54) is 0 Å². The highest BCUT2D eigenvalue weighted by Crippen LogP contribution is 2.26. The number of nitrogens with one attached hydrogen (secondary N) is 2. The van der Waals surface area contributed by atoms with Gasteiger partial charge in [0.15, 0.2) is 0 Å². The lowest BCUT2D eigenvalue weighted by Gasteiger charge is -2.10. The van der Waals surface area contributed by atoms with Crippen molar-refractivity contribution >= 4 is 28.6 Å². The van der Waals surface area contributed by atoms with E-state index in [1.807, 2.05) is 42.5 Å². The van der Waals surface area contributed by atoms with Crippen LogP contribution >= 0.6 is 11.8 Å². The standard InChI is InChI=1S/C20H14ClN5O/c21-26-25-20(27)15-11-19(24-18-8-10-22-12-16(15)18)14-6-4-13(5-7-14)17-3-1-2-9-23-17/h1-12,26H,(H,25,27). The fraction of sp³-hybridized carbons (Fsp3) is 0. The van der Waals surface area contributed by atoms with E-state index in [-0.39, 0.29) is 5.91 Å². The molecule has 7 heteroatoms. The monoisotopic (exact) mass is 375 g/mol. The molecule has 0 unspecified atom stereocenters. The van der Waals surface area contributed by atoms with Gasteiger partial charge in [-0.25, -0.2) is 4.98 Å². The molecule has 27 heavy (non-hydrogen) atoms. The number of amides is 1. The molecule has 4 rings (SSSR count). The first-order valence-electron chi connectivity index (χ1n) is 8.19. The molecule has 0 saturated carbocycles. The normalized spacial score (nSPS) is 10.7. The van der Waals surface area contributed by atoms with Crippen molar-refractivity contribution in [1.29, 1.82) is 0 Å². The number of nitrogens with zero attached hydrogens (tertiary/aromatic N) is 3. The molecule has 0 atom stereocenters. The molecule has 3 aromatic heterocycles. The van der Waals surface area contributed by atoms with Crippen LogP contribution in [-0.2, 0) is 0 Å². The highest BCUT2D eigenvalue weighted by Gasteiger charge is 2.14.